The van der Waals surface area contributed by atoms with Gasteiger partial charge < -0.3 is 4.42 Å². The molecule has 1 aliphatic carbocycles. The van der Waals surface area contributed by atoms with Crippen LogP contribution in [0.5, 0.6) is 0 Å². The average Bonchev–Trinajstić information content (AvgIpc) is 3.17. The Morgan fingerprint density at radius 2 is 1.73 bits per heavy atom. The van der Waals surface area contributed by atoms with Crippen LogP contribution in [0.25, 0.3) is 22.8 Å². The normalized spacial score (nSPS) is 12.5. The molecule has 3 aromatic rings. The SMILES string of the molecule is Cc1ccc2c(c1-c1ccccc1)C=C(c1ccco1)C2.[Zr]. The van der Waals surface area contributed by atoms with Gasteiger partial charge in [0.1, 0.15) is 5.76 Å². The number of benzene rings is 2. The van der Waals surface area contributed by atoms with Gasteiger partial charge in [-0.15, -0.1) is 0 Å². The fourth-order valence-electron chi connectivity index (χ4n) is 3.13. The summed E-state index contributed by atoms with van der Waals surface area (Å²) in [6.07, 6.45) is 4.97. The summed E-state index contributed by atoms with van der Waals surface area (Å²) in [6.45, 7) is 2.18. The molecule has 0 amide bonds. The fraction of sp³-hybridized carbons (Fsp3) is 0.100. The van der Waals surface area contributed by atoms with E-state index in [1.165, 1.54) is 33.4 Å². The first-order chi connectivity index (χ1) is 10.3. The minimum Gasteiger partial charge on any atom is -0.465 e. The topological polar surface area (TPSA) is 13.1 Å². The first-order valence-electron chi connectivity index (χ1n) is 7.25. The van der Waals surface area contributed by atoms with Gasteiger partial charge >= 0.3 is 0 Å². The van der Waals surface area contributed by atoms with Gasteiger partial charge in [0.25, 0.3) is 0 Å². The van der Waals surface area contributed by atoms with Crippen LogP contribution in [-0.2, 0) is 32.6 Å². The third kappa shape index (κ3) is 2.57. The zero-order valence-electron chi connectivity index (χ0n) is 12.5. The van der Waals surface area contributed by atoms with Gasteiger partial charge in [-0.1, -0.05) is 42.5 Å². The van der Waals surface area contributed by atoms with E-state index in [1.54, 1.807) is 6.26 Å². The summed E-state index contributed by atoms with van der Waals surface area (Å²) in [7, 11) is 0. The van der Waals surface area contributed by atoms with Crippen LogP contribution >= 0.6 is 0 Å². The monoisotopic (exact) mass is 362 g/mol. The number of furan rings is 1. The molecule has 0 saturated heterocycles. The van der Waals surface area contributed by atoms with E-state index in [9.17, 15) is 0 Å². The van der Waals surface area contributed by atoms with E-state index in [4.69, 9.17) is 4.42 Å². The summed E-state index contributed by atoms with van der Waals surface area (Å²) in [5.41, 5.74) is 7.92. The Bertz CT molecular complexity index is 814. The minimum atomic E-state index is 0. The van der Waals surface area contributed by atoms with Crippen molar-refractivity contribution in [3.05, 3.63) is 83.3 Å². The van der Waals surface area contributed by atoms with Crippen LogP contribution in [0.15, 0.2) is 65.3 Å². The van der Waals surface area contributed by atoms with Crippen LogP contribution in [0.2, 0.25) is 0 Å². The Labute approximate surface area is 149 Å². The minimum absolute atomic E-state index is 0. The molecule has 1 nitrogen and oxygen atoms in total. The first kappa shape index (κ1) is 15.2. The summed E-state index contributed by atoms with van der Waals surface area (Å²) in [5, 5.41) is 0. The maximum Gasteiger partial charge on any atom is 0.130 e. The van der Waals surface area contributed by atoms with Gasteiger partial charge in [0.15, 0.2) is 0 Å². The van der Waals surface area contributed by atoms with E-state index >= 15 is 0 Å². The summed E-state index contributed by atoms with van der Waals surface area (Å²) in [5.74, 6) is 0.975. The Morgan fingerprint density at radius 1 is 0.909 bits per heavy atom. The second kappa shape index (κ2) is 6.22. The van der Waals surface area contributed by atoms with Crippen molar-refractivity contribution in [1.82, 2.24) is 0 Å². The molecule has 0 bridgehead atoms. The molecule has 2 aromatic carbocycles. The van der Waals surface area contributed by atoms with E-state index in [0.29, 0.717) is 0 Å². The number of fused-ring (bicyclic) bond motifs is 1. The number of hydrogen-bond donors (Lipinski definition) is 0. The largest absolute Gasteiger partial charge is 0.465 e. The molecule has 0 aliphatic heterocycles. The van der Waals surface area contributed by atoms with E-state index < -0.39 is 0 Å². The van der Waals surface area contributed by atoms with Crippen LogP contribution < -0.4 is 0 Å². The summed E-state index contributed by atoms with van der Waals surface area (Å²) < 4.78 is 5.56. The summed E-state index contributed by atoms with van der Waals surface area (Å²) >= 11 is 0. The average molecular weight is 364 g/mol. The predicted octanol–water partition coefficient (Wildman–Crippen LogP) is 5.35. The molecule has 106 valence electrons. The third-order valence-corrected chi connectivity index (χ3v) is 4.14. The number of hydrogen-bond acceptors (Lipinski definition) is 1. The standard InChI is InChI=1S/C20H16O.Zr/c1-14-9-10-16-12-17(19-8-5-11-21-19)13-18(16)20(14)15-6-3-2-4-7-15;/h2-11,13H,12H2,1H3;. The van der Waals surface area contributed by atoms with Gasteiger partial charge in [-0.25, -0.2) is 0 Å². The van der Waals surface area contributed by atoms with Gasteiger partial charge in [-0.2, -0.15) is 0 Å². The zero-order chi connectivity index (χ0) is 14.2. The van der Waals surface area contributed by atoms with Gasteiger partial charge in [-0.3, -0.25) is 0 Å². The molecule has 0 radical (unpaired) electrons. The van der Waals surface area contributed by atoms with Crippen molar-refractivity contribution in [3.8, 4) is 11.1 Å². The van der Waals surface area contributed by atoms with Crippen molar-refractivity contribution in [1.29, 1.82) is 0 Å². The van der Waals surface area contributed by atoms with Crippen molar-refractivity contribution >= 4 is 11.6 Å². The maximum atomic E-state index is 5.56. The summed E-state index contributed by atoms with van der Waals surface area (Å²) in [4.78, 5) is 0. The molecule has 1 aliphatic rings. The number of allylic oxidation sites excluding steroid dienone is 1. The fourth-order valence-corrected chi connectivity index (χ4v) is 3.13. The number of rotatable bonds is 2. The predicted molar refractivity (Wildman–Crippen MR) is 86.9 cm³/mol. The second-order valence-electron chi connectivity index (χ2n) is 5.52. The van der Waals surface area contributed by atoms with Gasteiger partial charge in [-0.05, 0) is 58.5 Å². The van der Waals surface area contributed by atoms with Crippen molar-refractivity contribution in [2.75, 3.05) is 0 Å². The van der Waals surface area contributed by atoms with Crippen LogP contribution in [0.4, 0.5) is 0 Å². The van der Waals surface area contributed by atoms with Crippen LogP contribution in [0.1, 0.15) is 22.5 Å². The van der Waals surface area contributed by atoms with Crippen molar-refractivity contribution in [2.24, 2.45) is 0 Å². The molecule has 1 heterocycles. The van der Waals surface area contributed by atoms with E-state index in [-0.39, 0.29) is 26.2 Å². The van der Waals surface area contributed by atoms with Crippen LogP contribution in [-0.4, -0.2) is 0 Å². The van der Waals surface area contributed by atoms with Crippen LogP contribution in [0.3, 0.4) is 0 Å². The van der Waals surface area contributed by atoms with Crippen molar-refractivity contribution < 1.29 is 30.6 Å². The molecule has 22 heavy (non-hydrogen) atoms. The molecular weight excluding hydrogens is 347 g/mol. The van der Waals surface area contributed by atoms with Crippen molar-refractivity contribution in [3.63, 3.8) is 0 Å². The number of aryl methyl sites for hydroxylation is 1. The van der Waals surface area contributed by atoms with E-state index in [2.05, 4.69) is 55.5 Å². The van der Waals surface area contributed by atoms with E-state index in [1.807, 2.05) is 12.1 Å². The molecular formula is C20H16OZr. The molecule has 2 heteroatoms. The molecule has 1 aromatic heterocycles. The molecule has 0 spiro atoms. The molecule has 0 fully saturated rings. The Hall–Kier alpha value is -1.66. The van der Waals surface area contributed by atoms with E-state index in [0.717, 1.165) is 12.2 Å². The zero-order valence-corrected chi connectivity index (χ0v) is 14.9. The summed E-state index contributed by atoms with van der Waals surface area (Å²) in [6, 6.07) is 19.1. The van der Waals surface area contributed by atoms with Gasteiger partial charge in [0.2, 0.25) is 0 Å². The Kier molecular flexibility index (Phi) is 4.31. The maximum absolute atomic E-state index is 5.56. The van der Waals surface area contributed by atoms with Gasteiger partial charge in [0, 0.05) is 32.6 Å². The smallest absolute Gasteiger partial charge is 0.130 e. The first-order valence-corrected chi connectivity index (χ1v) is 7.25. The molecule has 0 unspecified atom stereocenters. The Morgan fingerprint density at radius 3 is 2.45 bits per heavy atom. The molecule has 0 atom stereocenters. The third-order valence-electron chi connectivity index (χ3n) is 4.14. The van der Waals surface area contributed by atoms with Crippen molar-refractivity contribution in [2.45, 2.75) is 13.3 Å². The van der Waals surface area contributed by atoms with Gasteiger partial charge in [0.05, 0.1) is 6.26 Å². The van der Waals surface area contributed by atoms with Crippen LogP contribution in [0, 0.1) is 6.92 Å². The second-order valence-corrected chi connectivity index (χ2v) is 5.52. The Balaban J connectivity index is 0.00000144. The molecule has 0 N–H and O–H groups in total. The quantitative estimate of drug-likeness (QED) is 0.598. The molecule has 0 saturated carbocycles. The molecule has 4 rings (SSSR count).